The number of fused-ring (bicyclic) bond motifs is 3. The largest absolute Gasteiger partial charge is 0.300 e. The maximum Gasteiger partial charge on any atom is 0.137 e. The number of aromatic nitrogens is 1. The van der Waals surface area contributed by atoms with Gasteiger partial charge in [0.15, 0.2) is 0 Å². The van der Waals surface area contributed by atoms with Crippen LogP contribution in [0, 0.1) is 0 Å². The van der Waals surface area contributed by atoms with Crippen LogP contribution in [0.4, 0.5) is 5.82 Å². The van der Waals surface area contributed by atoms with Gasteiger partial charge in [0.1, 0.15) is 5.82 Å². The van der Waals surface area contributed by atoms with Gasteiger partial charge in [0.05, 0.1) is 5.52 Å². The Hall–Kier alpha value is -1.70. The first-order chi connectivity index (χ1) is 5.95. The summed E-state index contributed by atoms with van der Waals surface area (Å²) in [6.07, 6.45) is 3.80. The average Bonchev–Trinajstić information content (AvgIpc) is 2.62. The number of para-hydroxylation sites is 1. The third-order valence-electron chi connectivity index (χ3n) is 2.15. The molecule has 2 aromatic rings. The Kier molecular flexibility index (Phi) is 0.939. The highest BCUT2D eigenvalue weighted by Crippen LogP contribution is 2.26. The molecule has 0 saturated carbocycles. The van der Waals surface area contributed by atoms with E-state index in [1.807, 2.05) is 24.5 Å². The number of hydrogen-bond acceptors (Lipinski definition) is 0. The molecule has 3 rings (SSSR count). The molecule has 2 nitrogen and oxygen atoms in total. The van der Waals surface area contributed by atoms with Gasteiger partial charge < -0.3 is 0 Å². The van der Waals surface area contributed by atoms with E-state index in [-0.39, 0.29) is 0 Å². The lowest BCUT2D eigenvalue weighted by Gasteiger charge is -1.93. The molecule has 1 aromatic heterocycles. The molecular formula is C10H7N2. The predicted octanol–water partition coefficient (Wildman–Crippen LogP) is 2.32. The fourth-order valence-corrected chi connectivity index (χ4v) is 1.59. The Balaban J connectivity index is 2.51. The van der Waals surface area contributed by atoms with Crippen LogP contribution in [0.5, 0.6) is 0 Å². The van der Waals surface area contributed by atoms with Crippen LogP contribution in [0.25, 0.3) is 17.1 Å². The average molecular weight is 155 g/mol. The van der Waals surface area contributed by atoms with Gasteiger partial charge >= 0.3 is 0 Å². The van der Waals surface area contributed by atoms with E-state index < -0.39 is 0 Å². The molecule has 0 unspecified atom stereocenters. The van der Waals surface area contributed by atoms with E-state index >= 15 is 0 Å². The summed E-state index contributed by atoms with van der Waals surface area (Å²) >= 11 is 0. The van der Waals surface area contributed by atoms with Crippen LogP contribution < -0.4 is 5.32 Å². The van der Waals surface area contributed by atoms with Gasteiger partial charge in [-0.1, -0.05) is 18.2 Å². The maximum atomic E-state index is 4.22. The minimum atomic E-state index is 1.02. The molecule has 12 heavy (non-hydrogen) atoms. The SMILES string of the molecule is C1=Cn2c(cc3ccccc32)[N]1. The molecule has 0 bridgehead atoms. The Morgan fingerprint density at radius 1 is 1.17 bits per heavy atom. The summed E-state index contributed by atoms with van der Waals surface area (Å²) in [4.78, 5) is 0. The fourth-order valence-electron chi connectivity index (χ4n) is 1.59. The lowest BCUT2D eigenvalue weighted by Crippen LogP contribution is -1.82. The zero-order valence-electron chi connectivity index (χ0n) is 6.44. The highest BCUT2D eigenvalue weighted by molar-refractivity contribution is 5.87. The van der Waals surface area contributed by atoms with Crippen LogP contribution in [-0.2, 0) is 0 Å². The lowest BCUT2D eigenvalue weighted by atomic mass is 10.2. The van der Waals surface area contributed by atoms with Crippen molar-refractivity contribution in [1.29, 1.82) is 0 Å². The summed E-state index contributed by atoms with van der Waals surface area (Å²) in [6.45, 7) is 0. The van der Waals surface area contributed by atoms with Gasteiger partial charge in [-0.3, -0.25) is 4.57 Å². The van der Waals surface area contributed by atoms with E-state index in [4.69, 9.17) is 0 Å². The van der Waals surface area contributed by atoms with Crippen LogP contribution >= 0.6 is 0 Å². The predicted molar refractivity (Wildman–Crippen MR) is 49.1 cm³/mol. The van der Waals surface area contributed by atoms with Crippen molar-refractivity contribution in [3.05, 3.63) is 36.5 Å². The van der Waals surface area contributed by atoms with Gasteiger partial charge in [-0.05, 0) is 12.1 Å². The highest BCUT2D eigenvalue weighted by atomic mass is 15.1. The van der Waals surface area contributed by atoms with Crippen LogP contribution in [-0.4, -0.2) is 4.57 Å². The van der Waals surface area contributed by atoms with Crippen molar-refractivity contribution in [2.75, 3.05) is 0 Å². The third kappa shape index (κ3) is 0.593. The van der Waals surface area contributed by atoms with E-state index in [1.165, 1.54) is 10.9 Å². The molecule has 2 heteroatoms. The van der Waals surface area contributed by atoms with Crippen molar-refractivity contribution in [2.24, 2.45) is 0 Å². The molecule has 1 aromatic carbocycles. The quantitative estimate of drug-likeness (QED) is 0.556. The van der Waals surface area contributed by atoms with Crippen molar-refractivity contribution >= 4 is 22.9 Å². The molecule has 0 N–H and O–H groups in total. The monoisotopic (exact) mass is 155 g/mol. The van der Waals surface area contributed by atoms with Gasteiger partial charge in [0.2, 0.25) is 0 Å². The summed E-state index contributed by atoms with van der Waals surface area (Å²) in [6, 6.07) is 10.4. The molecule has 1 aliphatic rings. The maximum absolute atomic E-state index is 4.22. The molecular weight excluding hydrogens is 148 g/mol. The Bertz CT molecular complexity index is 466. The van der Waals surface area contributed by atoms with Gasteiger partial charge in [-0.15, -0.1) is 0 Å². The van der Waals surface area contributed by atoms with Gasteiger partial charge in [0.25, 0.3) is 0 Å². The van der Waals surface area contributed by atoms with E-state index in [0.717, 1.165) is 5.82 Å². The molecule has 0 aliphatic carbocycles. The van der Waals surface area contributed by atoms with Gasteiger partial charge in [-0.2, -0.15) is 0 Å². The van der Waals surface area contributed by atoms with Crippen LogP contribution in [0.3, 0.4) is 0 Å². The Labute approximate surface area is 70.1 Å². The molecule has 0 atom stereocenters. The van der Waals surface area contributed by atoms with E-state index in [2.05, 4.69) is 28.1 Å². The Morgan fingerprint density at radius 3 is 3.08 bits per heavy atom. The molecule has 0 fully saturated rings. The summed E-state index contributed by atoms with van der Waals surface area (Å²) < 4.78 is 2.09. The number of benzene rings is 1. The van der Waals surface area contributed by atoms with E-state index in [1.54, 1.807) is 0 Å². The molecule has 0 amide bonds. The standard InChI is InChI=1S/C10H7N2/c1-2-4-9-8(3-1)7-10-11-5-6-12(9)10/h1-7H. The topological polar surface area (TPSA) is 19.0 Å². The first-order valence-electron chi connectivity index (χ1n) is 3.93. The smallest absolute Gasteiger partial charge is 0.137 e. The zero-order valence-corrected chi connectivity index (χ0v) is 6.44. The van der Waals surface area contributed by atoms with E-state index in [9.17, 15) is 0 Å². The van der Waals surface area contributed by atoms with Crippen molar-refractivity contribution in [1.82, 2.24) is 9.88 Å². The second-order valence-corrected chi connectivity index (χ2v) is 2.86. The molecule has 0 saturated heterocycles. The van der Waals surface area contributed by atoms with Gasteiger partial charge in [-0.25, -0.2) is 5.32 Å². The van der Waals surface area contributed by atoms with Crippen LogP contribution in [0.2, 0.25) is 0 Å². The van der Waals surface area contributed by atoms with Crippen molar-refractivity contribution < 1.29 is 0 Å². The minimum Gasteiger partial charge on any atom is -0.300 e. The van der Waals surface area contributed by atoms with Crippen LogP contribution in [0.15, 0.2) is 36.5 Å². The normalized spacial score (nSPS) is 13.3. The highest BCUT2D eigenvalue weighted by Gasteiger charge is 2.09. The lowest BCUT2D eigenvalue weighted by molar-refractivity contribution is 1.13. The summed E-state index contributed by atoms with van der Waals surface area (Å²) in [5.41, 5.74) is 1.23. The van der Waals surface area contributed by atoms with Crippen molar-refractivity contribution in [3.63, 3.8) is 0 Å². The second-order valence-electron chi connectivity index (χ2n) is 2.86. The fraction of sp³-hybridized carbons (Fsp3) is 0. The van der Waals surface area contributed by atoms with E-state index in [0.29, 0.717) is 0 Å². The van der Waals surface area contributed by atoms with Gasteiger partial charge in [0, 0.05) is 17.8 Å². The number of nitrogens with zero attached hydrogens (tertiary/aromatic N) is 2. The van der Waals surface area contributed by atoms with Crippen molar-refractivity contribution in [2.45, 2.75) is 0 Å². The molecule has 1 radical (unpaired) electrons. The third-order valence-corrected chi connectivity index (χ3v) is 2.15. The number of rotatable bonds is 0. The minimum absolute atomic E-state index is 1.02. The summed E-state index contributed by atoms with van der Waals surface area (Å²) in [7, 11) is 0. The first-order valence-corrected chi connectivity index (χ1v) is 3.93. The Morgan fingerprint density at radius 2 is 2.08 bits per heavy atom. The molecule has 57 valence electrons. The molecule has 2 heterocycles. The molecule has 0 spiro atoms. The van der Waals surface area contributed by atoms with Crippen LogP contribution in [0.1, 0.15) is 0 Å². The number of hydrogen-bond donors (Lipinski definition) is 0. The summed E-state index contributed by atoms with van der Waals surface area (Å²) in [5.74, 6) is 1.02. The first kappa shape index (κ1) is 5.89. The second kappa shape index (κ2) is 1.91. The summed E-state index contributed by atoms with van der Waals surface area (Å²) in [5, 5.41) is 5.47. The van der Waals surface area contributed by atoms with Crippen molar-refractivity contribution in [3.8, 4) is 0 Å². The zero-order chi connectivity index (χ0) is 7.97. The molecule has 1 aliphatic heterocycles.